The monoisotopic (exact) mass is 407 g/mol. The van der Waals surface area contributed by atoms with E-state index in [1.165, 1.54) is 21.7 Å². The Morgan fingerprint density at radius 2 is 1.67 bits per heavy atom. The molecule has 4 rings (SSSR count). The summed E-state index contributed by atoms with van der Waals surface area (Å²) in [6.07, 6.45) is 0. The maximum absolute atomic E-state index is 13.7. The van der Waals surface area contributed by atoms with Crippen LogP contribution in [0.5, 0.6) is 0 Å². The molecule has 0 spiro atoms. The minimum atomic E-state index is -0.696. The number of hydrogen-bond acceptors (Lipinski definition) is 4. The Balaban J connectivity index is 1.66. The normalized spacial score (nSPS) is 11.0. The van der Waals surface area contributed by atoms with E-state index in [4.69, 9.17) is 5.73 Å². The molecule has 0 aliphatic rings. The molecule has 3 aromatic carbocycles. The summed E-state index contributed by atoms with van der Waals surface area (Å²) in [6, 6.07) is 17.7. The van der Waals surface area contributed by atoms with Gasteiger partial charge < -0.3 is 10.6 Å². The van der Waals surface area contributed by atoms with Crippen LogP contribution in [-0.4, -0.2) is 20.9 Å². The number of benzene rings is 3. The lowest BCUT2D eigenvalue weighted by Crippen LogP contribution is -2.33. The van der Waals surface area contributed by atoms with E-state index < -0.39 is 11.6 Å². The molecule has 0 atom stereocenters. The lowest BCUT2D eigenvalue weighted by molar-refractivity contribution is -0.119. The van der Waals surface area contributed by atoms with Crippen molar-refractivity contribution in [3.63, 3.8) is 0 Å². The van der Waals surface area contributed by atoms with E-state index >= 15 is 0 Å². The summed E-state index contributed by atoms with van der Waals surface area (Å²) in [5.41, 5.74) is 8.89. The Hall–Kier alpha value is -3.65. The van der Waals surface area contributed by atoms with Crippen LogP contribution < -0.4 is 10.6 Å². The summed E-state index contributed by atoms with van der Waals surface area (Å²) in [5, 5.41) is 8.12. The van der Waals surface area contributed by atoms with Crippen LogP contribution in [0.25, 0.3) is 11.0 Å². The molecule has 0 fully saturated rings. The lowest BCUT2D eigenvalue weighted by Gasteiger charge is -2.23. The molecule has 0 saturated heterocycles. The van der Waals surface area contributed by atoms with E-state index in [0.29, 0.717) is 23.3 Å². The number of anilines is 1. The first kappa shape index (κ1) is 19.7. The number of halogens is 2. The fourth-order valence-electron chi connectivity index (χ4n) is 3.27. The van der Waals surface area contributed by atoms with E-state index in [1.54, 1.807) is 12.1 Å². The zero-order valence-electron chi connectivity index (χ0n) is 16.0. The van der Waals surface area contributed by atoms with Crippen LogP contribution in [0.2, 0.25) is 0 Å². The molecule has 8 heteroatoms. The van der Waals surface area contributed by atoms with Crippen molar-refractivity contribution in [1.82, 2.24) is 15.0 Å². The number of fused-ring (bicyclic) bond motifs is 1. The van der Waals surface area contributed by atoms with Gasteiger partial charge in [-0.15, -0.1) is 5.10 Å². The quantitative estimate of drug-likeness (QED) is 0.532. The smallest absolute Gasteiger partial charge is 0.249 e. The molecule has 0 radical (unpaired) electrons. The number of amides is 1. The minimum absolute atomic E-state index is 0.00210. The van der Waals surface area contributed by atoms with E-state index in [1.807, 2.05) is 36.4 Å². The van der Waals surface area contributed by atoms with Gasteiger partial charge in [0.2, 0.25) is 5.91 Å². The first-order valence-corrected chi connectivity index (χ1v) is 9.36. The fourth-order valence-corrected chi connectivity index (χ4v) is 3.27. The van der Waals surface area contributed by atoms with Crippen molar-refractivity contribution in [3.8, 4) is 0 Å². The summed E-state index contributed by atoms with van der Waals surface area (Å²) >= 11 is 0. The van der Waals surface area contributed by atoms with Gasteiger partial charge in [-0.2, -0.15) is 0 Å². The van der Waals surface area contributed by atoms with Crippen LogP contribution in [0.1, 0.15) is 11.1 Å². The third-order valence-corrected chi connectivity index (χ3v) is 4.75. The molecular weight excluding hydrogens is 388 g/mol. The molecule has 0 aliphatic heterocycles. The third-order valence-electron chi connectivity index (χ3n) is 4.75. The molecule has 2 N–H and O–H groups in total. The second-order valence-electron chi connectivity index (χ2n) is 6.86. The number of rotatable bonds is 6. The van der Waals surface area contributed by atoms with E-state index in [9.17, 15) is 13.6 Å². The standard InChI is InChI=1S/C22H19F2N5O/c23-17-9-16(10-18(24)11-17)13-28(19-7-5-15(12-25)6-8-19)22(30)14-29-21-4-2-1-3-20(21)26-27-29/h1-11H,12-14,25H2. The molecule has 30 heavy (non-hydrogen) atoms. The molecule has 0 bridgehead atoms. The highest BCUT2D eigenvalue weighted by Gasteiger charge is 2.19. The Kier molecular flexibility index (Phi) is 5.49. The highest BCUT2D eigenvalue weighted by atomic mass is 19.1. The molecule has 0 unspecified atom stereocenters. The lowest BCUT2D eigenvalue weighted by atomic mass is 10.1. The van der Waals surface area contributed by atoms with Crippen LogP contribution in [0.3, 0.4) is 0 Å². The van der Waals surface area contributed by atoms with Gasteiger partial charge in [0, 0.05) is 18.3 Å². The average molecular weight is 407 g/mol. The molecule has 0 saturated carbocycles. The largest absolute Gasteiger partial charge is 0.326 e. The van der Waals surface area contributed by atoms with Crippen molar-refractivity contribution >= 4 is 22.6 Å². The zero-order valence-corrected chi connectivity index (χ0v) is 16.0. The van der Waals surface area contributed by atoms with Crippen LogP contribution in [0.4, 0.5) is 14.5 Å². The summed E-state index contributed by atoms with van der Waals surface area (Å²) in [4.78, 5) is 14.7. The number of carbonyl (C=O) groups is 1. The van der Waals surface area contributed by atoms with Gasteiger partial charge in [0.25, 0.3) is 0 Å². The van der Waals surface area contributed by atoms with Crippen LogP contribution >= 0.6 is 0 Å². The Morgan fingerprint density at radius 1 is 0.967 bits per heavy atom. The zero-order chi connectivity index (χ0) is 21.1. The molecule has 0 aliphatic carbocycles. The molecule has 1 heterocycles. The maximum Gasteiger partial charge on any atom is 0.249 e. The summed E-state index contributed by atoms with van der Waals surface area (Å²) in [6.45, 7) is 0.299. The molecule has 6 nitrogen and oxygen atoms in total. The van der Waals surface area contributed by atoms with Gasteiger partial charge >= 0.3 is 0 Å². The number of nitrogens with zero attached hydrogens (tertiary/aromatic N) is 4. The Morgan fingerprint density at radius 3 is 2.37 bits per heavy atom. The van der Waals surface area contributed by atoms with Crippen LogP contribution in [0.15, 0.2) is 66.7 Å². The highest BCUT2D eigenvalue weighted by Crippen LogP contribution is 2.21. The summed E-state index contributed by atoms with van der Waals surface area (Å²) < 4.78 is 28.9. The first-order valence-electron chi connectivity index (χ1n) is 9.36. The topological polar surface area (TPSA) is 77.0 Å². The van der Waals surface area contributed by atoms with Crippen molar-refractivity contribution in [2.75, 3.05) is 4.90 Å². The van der Waals surface area contributed by atoms with Gasteiger partial charge in [0.15, 0.2) is 0 Å². The minimum Gasteiger partial charge on any atom is -0.326 e. The summed E-state index contributed by atoms with van der Waals surface area (Å²) in [5.74, 6) is -1.69. The van der Waals surface area contributed by atoms with Crippen molar-refractivity contribution in [1.29, 1.82) is 0 Å². The summed E-state index contributed by atoms with van der Waals surface area (Å²) in [7, 11) is 0. The van der Waals surface area contributed by atoms with Crippen LogP contribution in [0, 0.1) is 11.6 Å². The molecule has 1 amide bonds. The highest BCUT2D eigenvalue weighted by molar-refractivity contribution is 5.93. The average Bonchev–Trinajstić information content (AvgIpc) is 3.14. The van der Waals surface area contributed by atoms with Crippen molar-refractivity contribution in [2.24, 2.45) is 5.73 Å². The number of carbonyl (C=O) groups excluding carboxylic acids is 1. The number of nitrogens with two attached hydrogens (primary N) is 1. The molecule has 4 aromatic rings. The SMILES string of the molecule is NCc1ccc(N(Cc2cc(F)cc(F)c2)C(=O)Cn2nnc3ccccc32)cc1. The molecule has 1 aromatic heterocycles. The predicted octanol–water partition coefficient (Wildman–Crippen LogP) is 3.40. The second kappa shape index (κ2) is 8.38. The van der Waals surface area contributed by atoms with Gasteiger partial charge in [0.1, 0.15) is 23.7 Å². The van der Waals surface area contributed by atoms with Gasteiger partial charge in [0.05, 0.1) is 12.1 Å². The van der Waals surface area contributed by atoms with E-state index in [2.05, 4.69) is 10.3 Å². The first-order chi connectivity index (χ1) is 14.5. The maximum atomic E-state index is 13.7. The van der Waals surface area contributed by atoms with Gasteiger partial charge in [-0.25, -0.2) is 13.5 Å². The Bertz CT molecular complexity index is 1170. The number of para-hydroxylation sites is 1. The predicted molar refractivity (Wildman–Crippen MR) is 109 cm³/mol. The second-order valence-corrected chi connectivity index (χ2v) is 6.86. The van der Waals surface area contributed by atoms with Crippen molar-refractivity contribution in [2.45, 2.75) is 19.6 Å². The number of hydrogen-bond donors (Lipinski definition) is 1. The van der Waals surface area contributed by atoms with E-state index in [-0.39, 0.29) is 19.0 Å². The van der Waals surface area contributed by atoms with Gasteiger partial charge in [-0.3, -0.25) is 4.79 Å². The molecule has 152 valence electrons. The van der Waals surface area contributed by atoms with E-state index in [0.717, 1.165) is 17.1 Å². The van der Waals surface area contributed by atoms with Gasteiger partial charge in [-0.05, 0) is 47.5 Å². The van der Waals surface area contributed by atoms with Crippen LogP contribution in [-0.2, 0) is 24.4 Å². The molecular formula is C22H19F2N5O. The van der Waals surface area contributed by atoms with Gasteiger partial charge in [-0.1, -0.05) is 29.5 Å². The fraction of sp³-hybridized carbons (Fsp3) is 0.136. The number of aromatic nitrogens is 3. The van der Waals surface area contributed by atoms with Crippen molar-refractivity contribution < 1.29 is 13.6 Å². The van der Waals surface area contributed by atoms with Crippen molar-refractivity contribution in [3.05, 3.63) is 89.5 Å². The Labute approximate surface area is 171 Å². The third kappa shape index (κ3) is 4.18.